The summed E-state index contributed by atoms with van der Waals surface area (Å²) in [6, 6.07) is -0.673. The minimum atomic E-state index is -0.673. The van der Waals surface area contributed by atoms with Gasteiger partial charge >= 0.3 is 5.97 Å². The van der Waals surface area contributed by atoms with E-state index < -0.39 is 12.0 Å². The molecule has 8 heteroatoms. The number of halogens is 3. The normalized spacial score (nSPS) is 12.3. The zero-order valence-corrected chi connectivity index (χ0v) is 16.3. The number of hydrogen-bond acceptors (Lipinski definition) is 4. The molecule has 1 heterocycles. The van der Waals surface area contributed by atoms with Crippen molar-refractivity contribution in [1.82, 2.24) is 5.32 Å². The van der Waals surface area contributed by atoms with E-state index in [2.05, 4.69) is 5.32 Å². The van der Waals surface area contributed by atoms with Crippen molar-refractivity contribution in [2.24, 2.45) is 5.92 Å². The van der Waals surface area contributed by atoms with E-state index in [1.54, 1.807) is 6.92 Å². The highest BCUT2D eigenvalue weighted by Crippen LogP contribution is 2.37. The minimum absolute atomic E-state index is 0.245. The van der Waals surface area contributed by atoms with Crippen LogP contribution in [0.4, 0.5) is 0 Å². The van der Waals surface area contributed by atoms with Crippen molar-refractivity contribution in [2.45, 2.75) is 33.2 Å². The average molecular weight is 464 g/mol. The highest BCUT2D eigenvalue weighted by Gasteiger charge is 2.26. The number of ether oxygens (including phenoxy) is 1. The summed E-state index contributed by atoms with van der Waals surface area (Å²) in [7, 11) is 0. The summed E-state index contributed by atoms with van der Waals surface area (Å²) in [5.41, 5.74) is 0. The quantitative estimate of drug-likeness (QED) is 0.503. The Morgan fingerprint density at radius 2 is 2.00 bits per heavy atom. The summed E-state index contributed by atoms with van der Waals surface area (Å²) in [4.78, 5) is 24.6. The summed E-state index contributed by atoms with van der Waals surface area (Å²) in [6.07, 6.45) is 0.508. The number of amides is 1. The van der Waals surface area contributed by atoms with Crippen LogP contribution in [0, 0.1) is 9.49 Å². The maximum absolute atomic E-state index is 12.3. The van der Waals surface area contributed by atoms with Crippen molar-refractivity contribution in [3.8, 4) is 0 Å². The molecule has 1 aromatic heterocycles. The molecule has 0 fully saturated rings. The van der Waals surface area contributed by atoms with Gasteiger partial charge in [0.25, 0.3) is 5.91 Å². The lowest BCUT2D eigenvalue weighted by Crippen LogP contribution is -2.42. The third kappa shape index (κ3) is 5.26. The van der Waals surface area contributed by atoms with Gasteiger partial charge in [-0.05, 0) is 41.9 Å². The highest BCUT2D eigenvalue weighted by molar-refractivity contribution is 14.1. The summed E-state index contributed by atoms with van der Waals surface area (Å²) in [5.74, 6) is -0.547. The standard InChI is InChI=1S/C13H16Cl2INO3S/c1-4-20-13(19)7(5-6(2)3)17-12(18)10-9(16)8(14)11(15)21-10/h6-7H,4-5H2,1-3H3,(H,17,18)/t7-/m0/s1. The van der Waals surface area contributed by atoms with Crippen LogP contribution in [0.5, 0.6) is 0 Å². The number of rotatable bonds is 6. The van der Waals surface area contributed by atoms with Gasteiger partial charge in [-0.1, -0.05) is 37.0 Å². The van der Waals surface area contributed by atoms with Crippen molar-refractivity contribution in [2.75, 3.05) is 6.61 Å². The van der Waals surface area contributed by atoms with E-state index in [1.165, 1.54) is 0 Å². The predicted octanol–water partition coefficient (Wildman–Crippen LogP) is 4.37. The maximum Gasteiger partial charge on any atom is 0.328 e. The van der Waals surface area contributed by atoms with E-state index in [4.69, 9.17) is 27.9 Å². The summed E-state index contributed by atoms with van der Waals surface area (Å²) >= 11 is 15.0. The van der Waals surface area contributed by atoms with E-state index in [9.17, 15) is 9.59 Å². The molecule has 0 unspecified atom stereocenters. The molecule has 0 radical (unpaired) electrons. The van der Waals surface area contributed by atoms with Crippen LogP contribution in [0.1, 0.15) is 36.9 Å². The first kappa shape index (κ1) is 19.0. The first-order chi connectivity index (χ1) is 9.77. The number of carbonyl (C=O) groups is 2. The Kier molecular flexibility index (Phi) is 7.73. The largest absolute Gasteiger partial charge is 0.464 e. The number of hydrogen-bond donors (Lipinski definition) is 1. The molecule has 1 aromatic rings. The Morgan fingerprint density at radius 1 is 1.38 bits per heavy atom. The van der Waals surface area contributed by atoms with Crippen LogP contribution in [0.3, 0.4) is 0 Å². The van der Waals surface area contributed by atoms with Gasteiger partial charge in [-0.15, -0.1) is 11.3 Å². The van der Waals surface area contributed by atoms with Crippen LogP contribution in [0.25, 0.3) is 0 Å². The fourth-order valence-electron chi connectivity index (χ4n) is 1.66. The van der Waals surface area contributed by atoms with E-state index in [0.29, 0.717) is 24.2 Å². The number of carbonyl (C=O) groups excluding carboxylic acids is 2. The Morgan fingerprint density at radius 3 is 2.43 bits per heavy atom. The molecule has 1 N–H and O–H groups in total. The van der Waals surface area contributed by atoms with Gasteiger partial charge in [0.15, 0.2) is 0 Å². The minimum Gasteiger partial charge on any atom is -0.464 e. The molecule has 1 rings (SSSR count). The predicted molar refractivity (Wildman–Crippen MR) is 94.4 cm³/mol. The van der Waals surface area contributed by atoms with Gasteiger partial charge < -0.3 is 10.1 Å². The van der Waals surface area contributed by atoms with Crippen LogP contribution in [0.2, 0.25) is 9.36 Å². The monoisotopic (exact) mass is 463 g/mol. The summed E-state index contributed by atoms with van der Waals surface area (Å²) in [6.45, 7) is 5.95. The van der Waals surface area contributed by atoms with Crippen LogP contribution in [0.15, 0.2) is 0 Å². The molecule has 0 spiro atoms. The topological polar surface area (TPSA) is 55.4 Å². The molecule has 1 amide bonds. The highest BCUT2D eigenvalue weighted by atomic mass is 127. The lowest BCUT2D eigenvalue weighted by Gasteiger charge is -2.18. The van der Waals surface area contributed by atoms with Gasteiger partial charge in [0.1, 0.15) is 15.3 Å². The fourth-order valence-corrected chi connectivity index (χ4v) is 4.16. The fraction of sp³-hybridized carbons (Fsp3) is 0.538. The number of esters is 1. The molecule has 0 aliphatic rings. The third-order valence-electron chi connectivity index (χ3n) is 2.55. The molecular formula is C13H16Cl2INO3S. The Labute approximate surface area is 151 Å². The van der Waals surface area contributed by atoms with Crippen molar-refractivity contribution in [3.05, 3.63) is 17.8 Å². The van der Waals surface area contributed by atoms with Crippen molar-refractivity contribution >= 4 is 69.0 Å². The molecule has 118 valence electrons. The van der Waals surface area contributed by atoms with Gasteiger partial charge in [0.2, 0.25) is 0 Å². The van der Waals surface area contributed by atoms with Gasteiger partial charge in [-0.3, -0.25) is 4.79 Å². The lowest BCUT2D eigenvalue weighted by molar-refractivity contribution is -0.145. The Balaban J connectivity index is 2.89. The molecule has 1 atom stereocenters. The van der Waals surface area contributed by atoms with E-state index in [1.807, 2.05) is 36.4 Å². The second-order valence-electron chi connectivity index (χ2n) is 4.74. The van der Waals surface area contributed by atoms with Crippen LogP contribution in [-0.4, -0.2) is 24.5 Å². The van der Waals surface area contributed by atoms with Crippen LogP contribution < -0.4 is 5.32 Å². The molecule has 4 nitrogen and oxygen atoms in total. The molecular weight excluding hydrogens is 448 g/mol. The third-order valence-corrected chi connectivity index (χ3v) is 6.29. The zero-order valence-electron chi connectivity index (χ0n) is 11.8. The molecule has 0 aromatic carbocycles. The smallest absolute Gasteiger partial charge is 0.328 e. The van der Waals surface area contributed by atoms with Crippen molar-refractivity contribution in [1.29, 1.82) is 0 Å². The zero-order chi connectivity index (χ0) is 16.2. The molecule has 0 saturated carbocycles. The maximum atomic E-state index is 12.3. The average Bonchev–Trinajstić information content (AvgIpc) is 2.65. The number of nitrogens with one attached hydrogen (secondary N) is 1. The molecule has 0 aliphatic heterocycles. The Bertz CT molecular complexity index is 534. The lowest BCUT2D eigenvalue weighted by atomic mass is 10.0. The summed E-state index contributed by atoms with van der Waals surface area (Å²) in [5, 5.41) is 3.07. The van der Waals surface area contributed by atoms with Gasteiger partial charge in [0.05, 0.1) is 15.2 Å². The molecule has 21 heavy (non-hydrogen) atoms. The second-order valence-corrected chi connectivity index (χ2v) is 7.82. The first-order valence-corrected chi connectivity index (χ1v) is 9.03. The SMILES string of the molecule is CCOC(=O)[C@H](CC(C)C)NC(=O)c1sc(Cl)c(Cl)c1I. The molecule has 0 aliphatic carbocycles. The number of thiophene rings is 1. The van der Waals surface area contributed by atoms with Crippen LogP contribution >= 0.6 is 57.1 Å². The Hall–Kier alpha value is -0.0500. The van der Waals surface area contributed by atoms with E-state index >= 15 is 0 Å². The van der Waals surface area contributed by atoms with Gasteiger partial charge in [-0.2, -0.15) is 0 Å². The molecule has 0 saturated heterocycles. The van der Waals surface area contributed by atoms with E-state index in [0.717, 1.165) is 11.3 Å². The first-order valence-electron chi connectivity index (χ1n) is 6.38. The van der Waals surface area contributed by atoms with Gasteiger partial charge in [0, 0.05) is 0 Å². The molecule has 0 bridgehead atoms. The van der Waals surface area contributed by atoms with Crippen LogP contribution in [-0.2, 0) is 9.53 Å². The van der Waals surface area contributed by atoms with Gasteiger partial charge in [-0.25, -0.2) is 4.79 Å². The summed E-state index contributed by atoms with van der Waals surface area (Å²) < 4.78 is 5.95. The van der Waals surface area contributed by atoms with Crippen molar-refractivity contribution < 1.29 is 14.3 Å². The second kappa shape index (κ2) is 8.55. The van der Waals surface area contributed by atoms with Crippen molar-refractivity contribution in [3.63, 3.8) is 0 Å². The van der Waals surface area contributed by atoms with E-state index in [-0.39, 0.29) is 18.4 Å².